The lowest BCUT2D eigenvalue weighted by molar-refractivity contribution is 0.142. The minimum absolute atomic E-state index is 0.803. The van der Waals surface area contributed by atoms with Crippen molar-refractivity contribution >= 4 is 0 Å². The molecule has 0 radical (unpaired) electrons. The Bertz CT molecular complexity index is 315. The van der Waals surface area contributed by atoms with Gasteiger partial charge >= 0.3 is 0 Å². The van der Waals surface area contributed by atoms with Gasteiger partial charge in [0.05, 0.1) is 5.69 Å². The molecule has 0 unspecified atom stereocenters. The minimum Gasteiger partial charge on any atom is -0.382 e. The molecule has 0 N–H and O–H groups in total. The summed E-state index contributed by atoms with van der Waals surface area (Å²) in [5, 5.41) is 8.34. The molecule has 0 aliphatic rings. The van der Waals surface area contributed by atoms with Crippen LogP contribution in [0.2, 0.25) is 0 Å². The lowest BCUT2D eigenvalue weighted by atomic mass is 10.3. The summed E-state index contributed by atoms with van der Waals surface area (Å²) in [6, 6.07) is 0. The van der Waals surface area contributed by atoms with Gasteiger partial charge in [-0.1, -0.05) is 26.0 Å². The van der Waals surface area contributed by atoms with E-state index in [0.29, 0.717) is 0 Å². The van der Waals surface area contributed by atoms with Gasteiger partial charge in [-0.2, -0.15) is 0 Å². The molecule has 0 aliphatic carbocycles. The highest BCUT2D eigenvalue weighted by Crippen LogP contribution is 2.01. The van der Waals surface area contributed by atoms with Gasteiger partial charge < -0.3 is 9.64 Å². The number of nitrogens with zero attached hydrogens (tertiary/aromatic N) is 4. The number of rotatable bonds is 10. The van der Waals surface area contributed by atoms with Crippen molar-refractivity contribution in [1.82, 2.24) is 19.9 Å². The molecule has 1 aromatic rings. The third-order valence-corrected chi connectivity index (χ3v) is 2.75. The Kier molecular flexibility index (Phi) is 12.4. The maximum Gasteiger partial charge on any atom is 0.0967 e. The van der Waals surface area contributed by atoms with Crippen molar-refractivity contribution in [2.24, 2.45) is 0 Å². The Morgan fingerprint density at radius 2 is 2.00 bits per heavy atom. The second kappa shape index (κ2) is 13.1. The number of aryl methyl sites for hydroxylation is 1. The van der Waals surface area contributed by atoms with Crippen molar-refractivity contribution in [1.29, 1.82) is 0 Å². The molecule has 0 saturated carbocycles. The second-order valence-corrected chi connectivity index (χ2v) is 4.61. The van der Waals surface area contributed by atoms with E-state index in [1.165, 1.54) is 6.42 Å². The predicted octanol–water partition coefficient (Wildman–Crippen LogP) is 2.96. The molecule has 0 fully saturated rings. The first-order valence-electron chi connectivity index (χ1n) is 7.91. The van der Waals surface area contributed by atoms with Gasteiger partial charge in [0.2, 0.25) is 0 Å². The summed E-state index contributed by atoms with van der Waals surface area (Å²) in [7, 11) is 2.12. The smallest absolute Gasteiger partial charge is 0.0967 e. The molecule has 0 saturated heterocycles. The minimum atomic E-state index is 0.803. The highest BCUT2D eigenvalue weighted by molar-refractivity contribution is 4.91. The van der Waals surface area contributed by atoms with Crippen LogP contribution in [0.15, 0.2) is 6.20 Å². The molecule has 1 rings (SSSR count). The number of ether oxygens (including phenoxy) is 1. The second-order valence-electron chi connectivity index (χ2n) is 4.61. The molecular weight excluding hydrogens is 252 g/mol. The first-order chi connectivity index (χ1) is 9.76. The Morgan fingerprint density at radius 3 is 2.65 bits per heavy atom. The third-order valence-electron chi connectivity index (χ3n) is 2.75. The molecule has 0 bridgehead atoms. The lowest BCUT2D eigenvalue weighted by Gasteiger charge is -2.12. The SMILES string of the molecule is CC.CCCN(C)Cc1cn(CCCCOCC)nn1. The van der Waals surface area contributed by atoms with Gasteiger partial charge in [-0.3, -0.25) is 4.68 Å². The number of hydrogen-bond donors (Lipinski definition) is 0. The topological polar surface area (TPSA) is 43.2 Å². The van der Waals surface area contributed by atoms with E-state index < -0.39 is 0 Å². The van der Waals surface area contributed by atoms with Crippen LogP contribution >= 0.6 is 0 Å². The highest BCUT2D eigenvalue weighted by Gasteiger charge is 2.03. The van der Waals surface area contributed by atoms with Gasteiger partial charge in [-0.25, -0.2) is 0 Å². The number of unbranched alkanes of at least 4 members (excludes halogenated alkanes) is 1. The van der Waals surface area contributed by atoms with Crippen LogP contribution in [0.3, 0.4) is 0 Å². The van der Waals surface area contributed by atoms with Gasteiger partial charge in [0.25, 0.3) is 0 Å². The summed E-state index contributed by atoms with van der Waals surface area (Å²) in [6.45, 7) is 12.8. The fraction of sp³-hybridized carbons (Fsp3) is 0.867. The Morgan fingerprint density at radius 1 is 1.25 bits per heavy atom. The lowest BCUT2D eigenvalue weighted by Crippen LogP contribution is -2.18. The molecule has 118 valence electrons. The van der Waals surface area contributed by atoms with Gasteiger partial charge in [0.15, 0.2) is 0 Å². The Labute approximate surface area is 124 Å². The van der Waals surface area contributed by atoms with Crippen molar-refractivity contribution < 1.29 is 4.74 Å². The van der Waals surface area contributed by atoms with Crippen LogP contribution in [0.1, 0.15) is 52.7 Å². The van der Waals surface area contributed by atoms with E-state index in [1.54, 1.807) is 0 Å². The van der Waals surface area contributed by atoms with Crippen LogP contribution in [0.25, 0.3) is 0 Å². The fourth-order valence-corrected chi connectivity index (χ4v) is 1.88. The van der Waals surface area contributed by atoms with E-state index in [0.717, 1.165) is 51.4 Å². The van der Waals surface area contributed by atoms with Crippen molar-refractivity contribution in [3.63, 3.8) is 0 Å². The van der Waals surface area contributed by atoms with Crippen LogP contribution < -0.4 is 0 Å². The molecule has 0 spiro atoms. The summed E-state index contributed by atoms with van der Waals surface area (Å²) < 4.78 is 7.24. The molecule has 1 aromatic heterocycles. The quantitative estimate of drug-likeness (QED) is 0.620. The molecule has 1 heterocycles. The zero-order valence-corrected chi connectivity index (χ0v) is 13.9. The van der Waals surface area contributed by atoms with Gasteiger partial charge in [-0.05, 0) is 39.8 Å². The van der Waals surface area contributed by atoms with Crippen LogP contribution in [0.4, 0.5) is 0 Å². The standard InChI is InChI=1S/C13H26N4O.C2H6/c1-4-8-16(3)11-13-12-17(15-14-13)9-6-7-10-18-5-2;1-2/h12H,4-11H2,1-3H3;1-2H3. The molecule has 20 heavy (non-hydrogen) atoms. The van der Waals surface area contributed by atoms with Crippen molar-refractivity contribution in [2.75, 3.05) is 26.8 Å². The number of hydrogen-bond acceptors (Lipinski definition) is 4. The molecule has 0 aromatic carbocycles. The molecular formula is C15H32N4O. The summed E-state index contributed by atoms with van der Waals surface area (Å²) in [5.41, 5.74) is 1.05. The summed E-state index contributed by atoms with van der Waals surface area (Å²) >= 11 is 0. The van der Waals surface area contributed by atoms with Crippen molar-refractivity contribution in [3.05, 3.63) is 11.9 Å². The zero-order valence-electron chi connectivity index (χ0n) is 13.9. The van der Waals surface area contributed by atoms with E-state index in [-0.39, 0.29) is 0 Å². The Balaban J connectivity index is 0.00000172. The van der Waals surface area contributed by atoms with Crippen LogP contribution in [0, 0.1) is 0 Å². The molecule has 0 amide bonds. The largest absolute Gasteiger partial charge is 0.382 e. The first-order valence-corrected chi connectivity index (χ1v) is 7.91. The van der Waals surface area contributed by atoms with E-state index in [4.69, 9.17) is 4.74 Å². The van der Waals surface area contributed by atoms with E-state index in [2.05, 4.69) is 29.2 Å². The van der Waals surface area contributed by atoms with Crippen molar-refractivity contribution in [3.8, 4) is 0 Å². The maximum atomic E-state index is 5.30. The van der Waals surface area contributed by atoms with E-state index in [9.17, 15) is 0 Å². The third kappa shape index (κ3) is 9.04. The first kappa shape index (κ1) is 19.1. The monoisotopic (exact) mass is 284 g/mol. The summed E-state index contributed by atoms with van der Waals surface area (Å²) in [4.78, 5) is 2.27. The fourth-order valence-electron chi connectivity index (χ4n) is 1.88. The highest BCUT2D eigenvalue weighted by atomic mass is 16.5. The van der Waals surface area contributed by atoms with Gasteiger partial charge in [0, 0.05) is 32.5 Å². The summed E-state index contributed by atoms with van der Waals surface area (Å²) in [6.07, 6.45) is 5.39. The summed E-state index contributed by atoms with van der Waals surface area (Å²) in [5.74, 6) is 0. The van der Waals surface area contributed by atoms with Crippen LogP contribution in [-0.2, 0) is 17.8 Å². The van der Waals surface area contributed by atoms with Gasteiger partial charge in [-0.15, -0.1) is 5.10 Å². The zero-order chi connectivity index (χ0) is 15.2. The Hall–Kier alpha value is -0.940. The van der Waals surface area contributed by atoms with E-state index >= 15 is 0 Å². The van der Waals surface area contributed by atoms with Gasteiger partial charge in [0.1, 0.15) is 0 Å². The molecule has 5 nitrogen and oxygen atoms in total. The predicted molar refractivity (Wildman–Crippen MR) is 83.7 cm³/mol. The molecule has 0 aliphatic heterocycles. The van der Waals surface area contributed by atoms with Crippen LogP contribution in [-0.4, -0.2) is 46.7 Å². The maximum absolute atomic E-state index is 5.30. The molecule has 5 heteroatoms. The average Bonchev–Trinajstić information content (AvgIpc) is 2.88. The normalized spacial score (nSPS) is 10.5. The molecule has 0 atom stereocenters. The van der Waals surface area contributed by atoms with Crippen molar-refractivity contribution in [2.45, 2.75) is 60.0 Å². The average molecular weight is 284 g/mol. The van der Waals surface area contributed by atoms with E-state index in [1.807, 2.05) is 31.6 Å². The number of aromatic nitrogens is 3. The van der Waals surface area contributed by atoms with Crippen LogP contribution in [0.5, 0.6) is 0 Å².